The van der Waals surface area contributed by atoms with Gasteiger partial charge in [-0.1, -0.05) is 53.7 Å². The summed E-state index contributed by atoms with van der Waals surface area (Å²) in [6.45, 7) is 5.91. The zero-order chi connectivity index (χ0) is 25.4. The summed E-state index contributed by atoms with van der Waals surface area (Å²) in [4.78, 5) is 30.5. The van der Waals surface area contributed by atoms with Gasteiger partial charge in [0, 0.05) is 23.9 Å². The number of aromatic nitrogens is 4. The molecule has 0 saturated heterocycles. The maximum Gasteiger partial charge on any atom is 0.338 e. The van der Waals surface area contributed by atoms with E-state index in [4.69, 9.17) is 9.72 Å². The third-order valence-electron chi connectivity index (χ3n) is 6.23. The first-order chi connectivity index (χ1) is 17.4. The van der Waals surface area contributed by atoms with Crippen molar-refractivity contribution in [3.8, 4) is 0 Å². The minimum absolute atomic E-state index is 0.223. The highest BCUT2D eigenvalue weighted by Gasteiger charge is 2.34. The minimum Gasteiger partial charge on any atom is -0.463 e. The summed E-state index contributed by atoms with van der Waals surface area (Å²) < 4.78 is 7.37. The molecule has 1 aliphatic heterocycles. The summed E-state index contributed by atoms with van der Waals surface area (Å²) in [5, 5.41) is 15.9. The van der Waals surface area contributed by atoms with Crippen molar-refractivity contribution in [1.29, 1.82) is 0 Å². The second-order valence-corrected chi connectivity index (χ2v) is 9.58. The number of thioether (sulfide) groups is 1. The molecule has 0 aliphatic carbocycles. The summed E-state index contributed by atoms with van der Waals surface area (Å²) in [6, 6.07) is 12.9. The third kappa shape index (κ3) is 4.28. The van der Waals surface area contributed by atoms with E-state index in [2.05, 4.69) is 20.8 Å². The van der Waals surface area contributed by atoms with Crippen LogP contribution in [0.1, 0.15) is 29.7 Å². The fourth-order valence-electron chi connectivity index (χ4n) is 4.48. The fraction of sp³-hybridized carbons (Fsp3) is 0.269. The van der Waals surface area contributed by atoms with Gasteiger partial charge in [-0.05, 0) is 38.0 Å². The number of hydrogen-bond acceptors (Lipinski definition) is 7. The van der Waals surface area contributed by atoms with Crippen molar-refractivity contribution < 1.29 is 14.3 Å². The molecule has 1 aliphatic rings. The van der Waals surface area contributed by atoms with E-state index >= 15 is 0 Å². The zero-order valence-corrected chi connectivity index (χ0v) is 21.3. The molecule has 4 aromatic rings. The van der Waals surface area contributed by atoms with Crippen molar-refractivity contribution in [2.45, 2.75) is 32.0 Å². The number of benzene rings is 2. The number of carbonyl (C=O) groups is 2. The van der Waals surface area contributed by atoms with E-state index in [0.717, 1.165) is 38.8 Å². The quantitative estimate of drug-likeness (QED) is 0.302. The number of esters is 1. The van der Waals surface area contributed by atoms with E-state index < -0.39 is 12.0 Å². The highest BCUT2D eigenvalue weighted by atomic mass is 32.2. The van der Waals surface area contributed by atoms with Gasteiger partial charge < -0.3 is 19.9 Å². The second-order valence-electron chi connectivity index (χ2n) is 8.64. The summed E-state index contributed by atoms with van der Waals surface area (Å²) in [7, 11) is 1.94. The average Bonchev–Trinajstić information content (AvgIpc) is 3.15. The summed E-state index contributed by atoms with van der Waals surface area (Å²) in [5.41, 5.74) is 6.16. The van der Waals surface area contributed by atoms with Crippen LogP contribution in [0.3, 0.4) is 0 Å². The average molecular weight is 503 g/mol. The number of amides is 2. The number of fused-ring (bicyclic) bond motifs is 3. The van der Waals surface area contributed by atoms with Gasteiger partial charge in [0.2, 0.25) is 5.16 Å². The summed E-state index contributed by atoms with van der Waals surface area (Å²) in [5.74, 6) is -0.213. The first-order valence-corrected chi connectivity index (χ1v) is 12.6. The highest BCUT2D eigenvalue weighted by molar-refractivity contribution is 7.99. The molecule has 0 spiro atoms. The number of carbonyl (C=O) groups excluding carboxylic acids is 2. The largest absolute Gasteiger partial charge is 0.463 e. The topological polar surface area (TPSA) is 111 Å². The van der Waals surface area contributed by atoms with Gasteiger partial charge in [-0.2, -0.15) is 0 Å². The Labute approximate surface area is 212 Å². The smallest absolute Gasteiger partial charge is 0.338 e. The van der Waals surface area contributed by atoms with Crippen LogP contribution in [-0.2, 0) is 16.6 Å². The normalized spacial score (nSPS) is 15.8. The number of aryl methyl sites for hydroxylation is 3. The molecular formula is C26H26N6O3S. The molecule has 3 heterocycles. The highest BCUT2D eigenvalue weighted by Crippen LogP contribution is 2.33. The maximum atomic E-state index is 13.1. The fourth-order valence-corrected chi connectivity index (χ4v) is 5.23. The molecule has 5 rings (SSSR count). The second kappa shape index (κ2) is 9.62. The van der Waals surface area contributed by atoms with Crippen molar-refractivity contribution in [2.24, 2.45) is 7.05 Å². The molecule has 2 amide bonds. The Kier molecular flexibility index (Phi) is 6.36. The first kappa shape index (κ1) is 23.8. The molecule has 9 nitrogen and oxygen atoms in total. The van der Waals surface area contributed by atoms with Gasteiger partial charge in [-0.15, -0.1) is 10.2 Å². The van der Waals surface area contributed by atoms with Crippen LogP contribution in [0.5, 0.6) is 0 Å². The number of nitrogens with one attached hydrogen (secondary N) is 2. The first-order valence-electron chi connectivity index (χ1n) is 11.6. The number of rotatable bonds is 6. The Morgan fingerprint density at radius 3 is 2.78 bits per heavy atom. The molecule has 2 aromatic carbocycles. The lowest BCUT2D eigenvalue weighted by Gasteiger charge is -2.30. The lowest BCUT2D eigenvalue weighted by molar-refractivity contribution is -0.139. The number of hydrogen-bond donors (Lipinski definition) is 2. The SMILES string of the molecule is CCOC(=O)C1=C(CSc2nnc3c4ccccc4n(C)c3n2)NC(=O)N[C@H]1c1cc(C)ccc1C. The Morgan fingerprint density at radius 1 is 1.17 bits per heavy atom. The van der Waals surface area contributed by atoms with Crippen LogP contribution >= 0.6 is 11.8 Å². The Balaban J connectivity index is 1.52. The molecule has 10 heteroatoms. The predicted molar refractivity (Wildman–Crippen MR) is 139 cm³/mol. The van der Waals surface area contributed by atoms with Gasteiger partial charge in [0.15, 0.2) is 5.65 Å². The van der Waals surface area contributed by atoms with E-state index in [-0.39, 0.29) is 18.4 Å². The van der Waals surface area contributed by atoms with Gasteiger partial charge in [0.25, 0.3) is 0 Å². The molecule has 0 bridgehead atoms. The van der Waals surface area contributed by atoms with Crippen LogP contribution in [-0.4, -0.2) is 44.1 Å². The molecule has 0 fully saturated rings. The monoisotopic (exact) mass is 502 g/mol. The van der Waals surface area contributed by atoms with Gasteiger partial charge in [0.05, 0.1) is 23.7 Å². The molecule has 0 unspecified atom stereocenters. The van der Waals surface area contributed by atoms with Crippen LogP contribution < -0.4 is 10.6 Å². The molecule has 2 N–H and O–H groups in total. The summed E-state index contributed by atoms with van der Waals surface area (Å²) >= 11 is 1.30. The number of urea groups is 1. The van der Waals surface area contributed by atoms with E-state index in [1.807, 2.05) is 67.9 Å². The molecule has 0 saturated carbocycles. The van der Waals surface area contributed by atoms with Gasteiger partial charge in [0.1, 0.15) is 5.52 Å². The van der Waals surface area contributed by atoms with E-state index in [9.17, 15) is 9.59 Å². The van der Waals surface area contributed by atoms with Crippen LogP contribution in [0.15, 0.2) is 58.9 Å². The number of nitrogens with zero attached hydrogens (tertiary/aromatic N) is 4. The molecular weight excluding hydrogens is 476 g/mol. The van der Waals surface area contributed by atoms with Crippen LogP contribution in [0.2, 0.25) is 0 Å². The van der Waals surface area contributed by atoms with Crippen molar-refractivity contribution >= 4 is 45.8 Å². The maximum absolute atomic E-state index is 13.1. The Hall–Kier alpha value is -3.92. The van der Waals surface area contributed by atoms with Crippen molar-refractivity contribution in [3.63, 3.8) is 0 Å². The lowest BCUT2D eigenvalue weighted by Crippen LogP contribution is -2.46. The third-order valence-corrected chi connectivity index (χ3v) is 7.09. The Bertz CT molecular complexity index is 1540. The Morgan fingerprint density at radius 2 is 1.97 bits per heavy atom. The van der Waals surface area contributed by atoms with Crippen LogP contribution in [0.4, 0.5) is 4.79 Å². The standard InChI is InChI=1S/C26H26N6O3S/c1-5-35-24(33)20-18(27-25(34)28-21(20)17-12-14(2)10-11-15(17)3)13-36-26-29-23-22(30-31-26)16-8-6-7-9-19(16)32(23)4/h6-12,21H,5,13H2,1-4H3,(H2,27,28,34)/t21-/m0/s1. The molecule has 1 atom stereocenters. The van der Waals surface area contributed by atoms with Gasteiger partial charge in [-0.3, -0.25) is 0 Å². The van der Waals surface area contributed by atoms with Crippen molar-refractivity contribution in [1.82, 2.24) is 30.4 Å². The number of para-hydroxylation sites is 1. The molecule has 2 aromatic heterocycles. The van der Waals surface area contributed by atoms with Gasteiger partial charge in [-0.25, -0.2) is 14.6 Å². The molecule has 36 heavy (non-hydrogen) atoms. The lowest BCUT2D eigenvalue weighted by atomic mass is 9.91. The van der Waals surface area contributed by atoms with E-state index in [0.29, 0.717) is 16.4 Å². The number of ether oxygens (including phenoxy) is 1. The predicted octanol–water partition coefficient (Wildman–Crippen LogP) is 4.10. The van der Waals surface area contributed by atoms with E-state index in [1.165, 1.54) is 11.8 Å². The van der Waals surface area contributed by atoms with Crippen molar-refractivity contribution in [2.75, 3.05) is 12.4 Å². The minimum atomic E-state index is -0.631. The van der Waals surface area contributed by atoms with Crippen LogP contribution in [0, 0.1) is 13.8 Å². The van der Waals surface area contributed by atoms with E-state index in [1.54, 1.807) is 6.92 Å². The molecule has 0 radical (unpaired) electrons. The zero-order valence-electron chi connectivity index (χ0n) is 20.5. The molecule has 184 valence electrons. The van der Waals surface area contributed by atoms with Crippen molar-refractivity contribution in [3.05, 3.63) is 70.4 Å². The van der Waals surface area contributed by atoms with Crippen LogP contribution in [0.25, 0.3) is 22.1 Å². The summed E-state index contributed by atoms with van der Waals surface area (Å²) in [6.07, 6.45) is 0. The van der Waals surface area contributed by atoms with Gasteiger partial charge >= 0.3 is 12.0 Å².